The van der Waals surface area contributed by atoms with Gasteiger partial charge in [0, 0.05) is 32.1 Å². The molecule has 2 aliphatic heterocycles. The Balaban J connectivity index is 0.00000210. The Hall–Kier alpha value is -2.12. The quantitative estimate of drug-likeness (QED) is 0.861. The Morgan fingerprint density at radius 3 is 2.85 bits per heavy atom. The molecule has 3 heterocycles. The lowest BCUT2D eigenvalue weighted by Crippen LogP contribution is -2.41. The van der Waals surface area contributed by atoms with Crippen LogP contribution in [0.25, 0.3) is 0 Å². The minimum atomic E-state index is 0. The summed E-state index contributed by atoms with van der Waals surface area (Å²) in [6, 6.07) is 7.78. The molecule has 8 heteroatoms. The molecule has 4 rings (SSSR count). The molecule has 0 aliphatic carbocycles. The molecule has 0 spiro atoms. The highest BCUT2D eigenvalue weighted by atomic mass is 35.5. The summed E-state index contributed by atoms with van der Waals surface area (Å²) in [6.07, 6.45) is 1.86. The third-order valence-corrected chi connectivity index (χ3v) is 5.22. The second-order valence-electron chi connectivity index (χ2n) is 7.06. The molecule has 1 N–H and O–H groups in total. The van der Waals surface area contributed by atoms with E-state index < -0.39 is 0 Å². The van der Waals surface area contributed by atoms with Crippen molar-refractivity contribution in [2.45, 2.75) is 38.8 Å². The number of hydrogen-bond acceptors (Lipinski definition) is 5. The van der Waals surface area contributed by atoms with E-state index in [0.717, 1.165) is 68.5 Å². The predicted octanol–water partition coefficient (Wildman–Crippen LogP) is 1.90. The van der Waals surface area contributed by atoms with Crippen LogP contribution in [0.3, 0.4) is 0 Å². The van der Waals surface area contributed by atoms with Gasteiger partial charge in [0.2, 0.25) is 0 Å². The molecule has 1 amide bonds. The SMILES string of the molecule is Cc1cccc(OCC(=O)N2CCC(c3nnc4n3CCNC4)CC2)c1.Cl. The number of rotatable bonds is 4. The maximum Gasteiger partial charge on any atom is 0.260 e. The fourth-order valence-corrected chi connectivity index (χ4v) is 3.75. The highest BCUT2D eigenvalue weighted by molar-refractivity contribution is 5.85. The van der Waals surface area contributed by atoms with E-state index in [4.69, 9.17) is 4.74 Å². The van der Waals surface area contributed by atoms with Gasteiger partial charge in [-0.1, -0.05) is 12.1 Å². The number of aromatic nitrogens is 3. The van der Waals surface area contributed by atoms with Crippen molar-refractivity contribution in [1.82, 2.24) is 25.0 Å². The summed E-state index contributed by atoms with van der Waals surface area (Å²) in [6.45, 7) is 6.30. The van der Waals surface area contributed by atoms with Crippen LogP contribution in [0.5, 0.6) is 5.75 Å². The van der Waals surface area contributed by atoms with Gasteiger partial charge in [-0.3, -0.25) is 4.79 Å². The van der Waals surface area contributed by atoms with Gasteiger partial charge in [-0.05, 0) is 37.5 Å². The number of carbonyl (C=O) groups excluding carboxylic acids is 1. The van der Waals surface area contributed by atoms with Gasteiger partial charge in [0.1, 0.15) is 17.4 Å². The van der Waals surface area contributed by atoms with E-state index in [1.165, 1.54) is 0 Å². The molecular weight excluding hydrogens is 366 g/mol. The lowest BCUT2D eigenvalue weighted by molar-refractivity contribution is -0.134. The van der Waals surface area contributed by atoms with E-state index in [1.807, 2.05) is 36.1 Å². The first-order valence-electron chi connectivity index (χ1n) is 9.30. The van der Waals surface area contributed by atoms with Crippen LogP contribution in [0.15, 0.2) is 24.3 Å². The van der Waals surface area contributed by atoms with Crippen LogP contribution in [0.2, 0.25) is 0 Å². The molecule has 0 saturated carbocycles. The average molecular weight is 392 g/mol. The number of ether oxygens (including phenoxy) is 1. The zero-order valence-electron chi connectivity index (χ0n) is 15.6. The van der Waals surface area contributed by atoms with Gasteiger partial charge < -0.3 is 19.5 Å². The number of fused-ring (bicyclic) bond motifs is 1. The van der Waals surface area contributed by atoms with E-state index in [9.17, 15) is 4.79 Å². The molecule has 0 unspecified atom stereocenters. The van der Waals surface area contributed by atoms with Crippen molar-refractivity contribution in [2.75, 3.05) is 26.2 Å². The Morgan fingerprint density at radius 2 is 2.07 bits per heavy atom. The fourth-order valence-electron chi connectivity index (χ4n) is 3.75. The minimum Gasteiger partial charge on any atom is -0.484 e. The number of aryl methyl sites for hydroxylation is 1. The number of benzene rings is 1. The van der Waals surface area contributed by atoms with Crippen LogP contribution in [0.4, 0.5) is 0 Å². The standard InChI is InChI=1S/C19H25N5O2.ClH/c1-14-3-2-4-16(11-14)26-13-18(25)23-8-5-15(6-9-23)19-22-21-17-12-20-7-10-24(17)19;/h2-4,11,15,20H,5-10,12-13H2,1H3;1H. The van der Waals surface area contributed by atoms with Gasteiger partial charge >= 0.3 is 0 Å². The normalized spacial score (nSPS) is 17.1. The first kappa shape index (κ1) is 19.6. The largest absolute Gasteiger partial charge is 0.484 e. The number of carbonyl (C=O) groups is 1. The topological polar surface area (TPSA) is 72.3 Å². The van der Waals surface area contributed by atoms with Gasteiger partial charge in [-0.2, -0.15) is 0 Å². The first-order chi connectivity index (χ1) is 12.7. The molecule has 1 aromatic carbocycles. The van der Waals surface area contributed by atoms with E-state index in [-0.39, 0.29) is 24.9 Å². The smallest absolute Gasteiger partial charge is 0.260 e. The molecule has 1 aromatic heterocycles. The lowest BCUT2D eigenvalue weighted by atomic mass is 9.95. The van der Waals surface area contributed by atoms with E-state index in [1.54, 1.807) is 0 Å². The number of amides is 1. The Morgan fingerprint density at radius 1 is 1.26 bits per heavy atom. The van der Waals surface area contributed by atoms with Gasteiger partial charge in [0.25, 0.3) is 5.91 Å². The maximum absolute atomic E-state index is 12.4. The second-order valence-corrected chi connectivity index (χ2v) is 7.06. The van der Waals surface area contributed by atoms with Crippen LogP contribution in [0.1, 0.15) is 36.0 Å². The van der Waals surface area contributed by atoms with Crippen molar-refractivity contribution in [3.8, 4) is 5.75 Å². The molecule has 0 bridgehead atoms. The summed E-state index contributed by atoms with van der Waals surface area (Å²) in [7, 11) is 0. The van der Waals surface area contributed by atoms with E-state index in [2.05, 4.69) is 20.1 Å². The molecule has 0 atom stereocenters. The zero-order valence-corrected chi connectivity index (χ0v) is 16.4. The molecular formula is C19H26ClN5O2. The molecule has 7 nitrogen and oxygen atoms in total. The summed E-state index contributed by atoms with van der Waals surface area (Å²) in [5, 5.41) is 12.0. The Kier molecular flexibility index (Phi) is 6.34. The number of likely N-dealkylation sites (tertiary alicyclic amines) is 1. The molecule has 2 aromatic rings. The van der Waals surface area contributed by atoms with Gasteiger partial charge in [0.05, 0.1) is 6.54 Å². The minimum absolute atomic E-state index is 0. The van der Waals surface area contributed by atoms with Crippen LogP contribution in [0, 0.1) is 6.92 Å². The van der Waals surface area contributed by atoms with Crippen LogP contribution in [-0.4, -0.2) is 51.8 Å². The van der Waals surface area contributed by atoms with Gasteiger partial charge in [-0.25, -0.2) is 0 Å². The summed E-state index contributed by atoms with van der Waals surface area (Å²) < 4.78 is 7.90. The summed E-state index contributed by atoms with van der Waals surface area (Å²) in [4.78, 5) is 14.3. The first-order valence-corrected chi connectivity index (χ1v) is 9.30. The van der Waals surface area contributed by atoms with Gasteiger partial charge in [0.15, 0.2) is 6.61 Å². The van der Waals surface area contributed by atoms with Crippen molar-refractivity contribution in [3.05, 3.63) is 41.5 Å². The van der Waals surface area contributed by atoms with Crippen LogP contribution < -0.4 is 10.1 Å². The second kappa shape index (κ2) is 8.71. The Labute approximate surface area is 165 Å². The van der Waals surface area contributed by atoms with Crippen molar-refractivity contribution in [2.24, 2.45) is 0 Å². The average Bonchev–Trinajstić information content (AvgIpc) is 3.10. The monoisotopic (exact) mass is 391 g/mol. The fraction of sp³-hybridized carbons (Fsp3) is 0.526. The summed E-state index contributed by atoms with van der Waals surface area (Å²) in [5.41, 5.74) is 1.13. The predicted molar refractivity (Wildman–Crippen MR) is 104 cm³/mol. The maximum atomic E-state index is 12.4. The lowest BCUT2D eigenvalue weighted by Gasteiger charge is -2.32. The molecule has 1 fully saturated rings. The molecule has 1 saturated heterocycles. The molecule has 2 aliphatic rings. The van der Waals surface area contributed by atoms with Crippen molar-refractivity contribution >= 4 is 18.3 Å². The zero-order chi connectivity index (χ0) is 17.9. The number of halogens is 1. The van der Waals surface area contributed by atoms with E-state index in [0.29, 0.717) is 5.92 Å². The van der Waals surface area contributed by atoms with Crippen LogP contribution >= 0.6 is 12.4 Å². The van der Waals surface area contributed by atoms with Crippen molar-refractivity contribution < 1.29 is 9.53 Å². The third kappa shape index (κ3) is 4.42. The summed E-state index contributed by atoms with van der Waals surface area (Å²) >= 11 is 0. The van der Waals surface area contributed by atoms with E-state index >= 15 is 0 Å². The summed E-state index contributed by atoms with van der Waals surface area (Å²) in [5.74, 6) is 3.30. The molecule has 0 radical (unpaired) electrons. The Bertz CT molecular complexity index is 786. The third-order valence-electron chi connectivity index (χ3n) is 5.22. The van der Waals surface area contributed by atoms with Crippen molar-refractivity contribution in [1.29, 1.82) is 0 Å². The highest BCUT2D eigenvalue weighted by Gasteiger charge is 2.28. The van der Waals surface area contributed by atoms with Crippen molar-refractivity contribution in [3.63, 3.8) is 0 Å². The molecule has 146 valence electrons. The van der Waals surface area contributed by atoms with Gasteiger partial charge in [-0.15, -0.1) is 22.6 Å². The number of nitrogens with one attached hydrogen (secondary N) is 1. The van der Waals surface area contributed by atoms with Crippen LogP contribution in [-0.2, 0) is 17.9 Å². The number of hydrogen-bond donors (Lipinski definition) is 1. The molecule has 27 heavy (non-hydrogen) atoms. The number of nitrogens with zero attached hydrogens (tertiary/aromatic N) is 4. The highest BCUT2D eigenvalue weighted by Crippen LogP contribution is 2.28. The number of piperidine rings is 1.